The van der Waals surface area contributed by atoms with Crippen LogP contribution in [0.15, 0.2) is 0 Å². The van der Waals surface area contributed by atoms with Crippen LogP contribution in [0.4, 0.5) is 0 Å². The lowest BCUT2D eigenvalue weighted by Gasteiger charge is -2.40. The first-order chi connectivity index (χ1) is 4.79. The topological polar surface area (TPSA) is 44.5 Å². The van der Waals surface area contributed by atoms with Gasteiger partial charge in [0.15, 0.2) is 0 Å². The molecule has 0 saturated heterocycles. The summed E-state index contributed by atoms with van der Waals surface area (Å²) in [6, 6.07) is 0.182. The third-order valence-electron chi connectivity index (χ3n) is 1.95. The second-order valence-corrected chi connectivity index (χ2v) is 2.59. The highest BCUT2D eigenvalue weighted by Gasteiger charge is 2.39. The van der Waals surface area contributed by atoms with Crippen LogP contribution in [0.2, 0.25) is 0 Å². The van der Waals surface area contributed by atoms with Gasteiger partial charge in [0, 0.05) is 19.8 Å². The Bertz CT molecular complexity index is 106. The number of hydrogen-bond donors (Lipinski definition) is 1. The number of ether oxygens (including phenoxy) is 2. The third-order valence-corrected chi connectivity index (χ3v) is 1.95. The molecule has 0 aliphatic heterocycles. The summed E-state index contributed by atoms with van der Waals surface area (Å²) in [5.41, 5.74) is 5.65. The molecule has 0 heterocycles. The van der Waals surface area contributed by atoms with Gasteiger partial charge in [-0.2, -0.15) is 0 Å². The molecule has 1 aliphatic carbocycles. The summed E-state index contributed by atoms with van der Waals surface area (Å²) >= 11 is 0. The Labute approximate surface area is 61.5 Å². The molecule has 1 rings (SSSR count). The predicted molar refractivity (Wildman–Crippen MR) is 38.8 cm³/mol. The zero-order valence-corrected chi connectivity index (χ0v) is 6.54. The molecule has 2 N–H and O–H groups in total. The lowest BCUT2D eigenvalue weighted by molar-refractivity contribution is -0.122. The molecule has 0 radical (unpaired) electrons. The third kappa shape index (κ3) is 1.31. The number of hydrogen-bond acceptors (Lipinski definition) is 3. The molecule has 1 fully saturated rings. The number of rotatable bonds is 3. The van der Waals surface area contributed by atoms with Crippen molar-refractivity contribution < 1.29 is 9.47 Å². The highest BCUT2D eigenvalue weighted by atomic mass is 16.5. The van der Waals surface area contributed by atoms with E-state index in [1.165, 1.54) is 0 Å². The van der Waals surface area contributed by atoms with Crippen molar-refractivity contribution >= 4 is 0 Å². The van der Waals surface area contributed by atoms with Crippen LogP contribution in [0.3, 0.4) is 0 Å². The zero-order valence-electron chi connectivity index (χ0n) is 6.54. The average molecular weight is 145 g/mol. The summed E-state index contributed by atoms with van der Waals surface area (Å²) in [6.07, 6.45) is 1.30. The molecule has 3 heteroatoms. The molecule has 3 atom stereocenters. The van der Waals surface area contributed by atoms with Crippen LogP contribution >= 0.6 is 0 Å². The van der Waals surface area contributed by atoms with E-state index in [-0.39, 0.29) is 18.2 Å². The second-order valence-electron chi connectivity index (χ2n) is 2.59. The van der Waals surface area contributed by atoms with Crippen LogP contribution in [0, 0.1) is 0 Å². The van der Waals surface area contributed by atoms with Crippen LogP contribution in [0.25, 0.3) is 0 Å². The quantitative estimate of drug-likeness (QED) is 0.614. The van der Waals surface area contributed by atoms with Crippen molar-refractivity contribution in [3.8, 4) is 0 Å². The Morgan fingerprint density at radius 1 is 1.60 bits per heavy atom. The summed E-state index contributed by atoms with van der Waals surface area (Å²) in [5, 5.41) is 0. The Balaban J connectivity index is 2.23. The van der Waals surface area contributed by atoms with Crippen LogP contribution in [-0.2, 0) is 9.47 Å². The van der Waals surface area contributed by atoms with E-state index >= 15 is 0 Å². The largest absolute Gasteiger partial charge is 0.377 e. The van der Waals surface area contributed by atoms with Gasteiger partial charge in [-0.1, -0.05) is 0 Å². The second kappa shape index (κ2) is 3.32. The van der Waals surface area contributed by atoms with Crippen molar-refractivity contribution in [3.63, 3.8) is 0 Å². The van der Waals surface area contributed by atoms with Crippen molar-refractivity contribution in [2.24, 2.45) is 5.73 Å². The van der Waals surface area contributed by atoms with Gasteiger partial charge in [-0.15, -0.1) is 0 Å². The SMILES string of the molecule is CCO[C@@H]1C[C@@H](N)[C@@H]1OC. The van der Waals surface area contributed by atoms with Gasteiger partial charge in [-0.25, -0.2) is 0 Å². The van der Waals surface area contributed by atoms with E-state index in [9.17, 15) is 0 Å². The van der Waals surface area contributed by atoms with Gasteiger partial charge >= 0.3 is 0 Å². The Kier molecular flexibility index (Phi) is 2.65. The van der Waals surface area contributed by atoms with Gasteiger partial charge in [0.2, 0.25) is 0 Å². The smallest absolute Gasteiger partial charge is 0.0984 e. The minimum absolute atomic E-state index is 0.125. The summed E-state index contributed by atoms with van der Waals surface area (Å²) in [6.45, 7) is 2.73. The highest BCUT2D eigenvalue weighted by molar-refractivity contribution is 4.94. The van der Waals surface area contributed by atoms with Crippen LogP contribution in [0.1, 0.15) is 13.3 Å². The van der Waals surface area contributed by atoms with Crippen molar-refractivity contribution in [1.29, 1.82) is 0 Å². The van der Waals surface area contributed by atoms with E-state index in [1.807, 2.05) is 6.92 Å². The standard InChI is InChI=1S/C7H15NO2/c1-3-10-6-4-5(8)7(6)9-2/h5-7H,3-4,8H2,1-2H3/t5-,6-,7+/m1/s1. The zero-order chi connectivity index (χ0) is 7.56. The molecule has 10 heavy (non-hydrogen) atoms. The van der Waals surface area contributed by atoms with Crippen molar-refractivity contribution in [3.05, 3.63) is 0 Å². The summed E-state index contributed by atoms with van der Waals surface area (Å²) in [5.74, 6) is 0. The molecule has 0 unspecified atom stereocenters. The maximum absolute atomic E-state index is 5.65. The molecule has 0 spiro atoms. The fraction of sp³-hybridized carbons (Fsp3) is 1.00. The Morgan fingerprint density at radius 3 is 2.70 bits per heavy atom. The average Bonchev–Trinajstić information content (AvgIpc) is 1.88. The van der Waals surface area contributed by atoms with Gasteiger partial charge in [0.25, 0.3) is 0 Å². The minimum Gasteiger partial charge on any atom is -0.377 e. The van der Waals surface area contributed by atoms with Crippen LogP contribution in [0.5, 0.6) is 0 Å². The lowest BCUT2D eigenvalue weighted by atomic mass is 9.86. The highest BCUT2D eigenvalue weighted by Crippen LogP contribution is 2.24. The number of methoxy groups -OCH3 is 1. The molecule has 1 aliphatic rings. The van der Waals surface area contributed by atoms with Crippen LogP contribution in [-0.4, -0.2) is 32.0 Å². The van der Waals surface area contributed by atoms with E-state index in [0.29, 0.717) is 0 Å². The van der Waals surface area contributed by atoms with Gasteiger partial charge in [-0.3, -0.25) is 0 Å². The van der Waals surface area contributed by atoms with E-state index < -0.39 is 0 Å². The molecule has 0 bridgehead atoms. The van der Waals surface area contributed by atoms with Gasteiger partial charge in [0.05, 0.1) is 12.2 Å². The molecular formula is C7H15NO2. The van der Waals surface area contributed by atoms with E-state index in [0.717, 1.165) is 13.0 Å². The monoisotopic (exact) mass is 145 g/mol. The van der Waals surface area contributed by atoms with E-state index in [2.05, 4.69) is 0 Å². The van der Waals surface area contributed by atoms with Crippen molar-refractivity contribution in [2.75, 3.05) is 13.7 Å². The maximum Gasteiger partial charge on any atom is 0.0984 e. The molecule has 1 saturated carbocycles. The summed E-state index contributed by atoms with van der Waals surface area (Å²) in [4.78, 5) is 0. The fourth-order valence-electron chi connectivity index (χ4n) is 1.32. The first kappa shape index (κ1) is 7.98. The lowest BCUT2D eigenvalue weighted by Crippen LogP contribution is -2.57. The van der Waals surface area contributed by atoms with Gasteiger partial charge in [-0.05, 0) is 13.3 Å². The van der Waals surface area contributed by atoms with Gasteiger partial charge in [0.1, 0.15) is 0 Å². The molecule has 0 aromatic carbocycles. The molecule has 0 aromatic heterocycles. The fourth-order valence-corrected chi connectivity index (χ4v) is 1.32. The number of nitrogens with two attached hydrogens (primary N) is 1. The van der Waals surface area contributed by atoms with Crippen molar-refractivity contribution in [1.82, 2.24) is 0 Å². The summed E-state index contributed by atoms with van der Waals surface area (Å²) < 4.78 is 10.5. The minimum atomic E-state index is 0.125. The van der Waals surface area contributed by atoms with E-state index in [4.69, 9.17) is 15.2 Å². The summed E-state index contributed by atoms with van der Waals surface area (Å²) in [7, 11) is 1.68. The normalized spacial score (nSPS) is 39.3. The molecule has 0 aromatic rings. The predicted octanol–water partition coefficient (Wildman–Crippen LogP) is 0.138. The molecule has 60 valence electrons. The van der Waals surface area contributed by atoms with E-state index in [1.54, 1.807) is 7.11 Å². The van der Waals surface area contributed by atoms with Gasteiger partial charge < -0.3 is 15.2 Å². The molecule has 3 nitrogen and oxygen atoms in total. The Morgan fingerprint density at radius 2 is 2.30 bits per heavy atom. The Hall–Kier alpha value is -0.120. The van der Waals surface area contributed by atoms with Crippen molar-refractivity contribution in [2.45, 2.75) is 31.6 Å². The van der Waals surface area contributed by atoms with Crippen LogP contribution < -0.4 is 5.73 Å². The first-order valence-corrected chi connectivity index (χ1v) is 3.69. The molecule has 0 amide bonds. The first-order valence-electron chi connectivity index (χ1n) is 3.69. The maximum atomic E-state index is 5.65. The molecular weight excluding hydrogens is 130 g/mol.